The van der Waals surface area contributed by atoms with Crippen LogP contribution in [-0.2, 0) is 7.05 Å². The van der Waals surface area contributed by atoms with Crippen molar-refractivity contribution in [3.8, 4) is 17.1 Å². The first-order chi connectivity index (χ1) is 13.7. The highest BCUT2D eigenvalue weighted by Crippen LogP contribution is 2.32. The number of hydrogen-bond acceptors (Lipinski definition) is 6. The summed E-state index contributed by atoms with van der Waals surface area (Å²) in [4.78, 5) is 1.48. The second kappa shape index (κ2) is 8.29. The fraction of sp³-hybridized carbons (Fsp3) is 0.381. The van der Waals surface area contributed by atoms with Crippen LogP contribution >= 0.6 is 0 Å². The van der Waals surface area contributed by atoms with E-state index in [4.69, 9.17) is 4.74 Å². The summed E-state index contributed by atoms with van der Waals surface area (Å²) in [5.74, 6) is 1.47. The molecule has 1 aromatic heterocycles. The lowest BCUT2D eigenvalue weighted by Crippen LogP contribution is -2.22. The van der Waals surface area contributed by atoms with Gasteiger partial charge >= 0.3 is 0 Å². The molecule has 0 saturated heterocycles. The van der Waals surface area contributed by atoms with Crippen LogP contribution in [0.25, 0.3) is 11.4 Å². The van der Waals surface area contributed by atoms with E-state index in [1.807, 2.05) is 30.3 Å². The van der Waals surface area contributed by atoms with Gasteiger partial charge in [-0.2, -0.15) is 4.80 Å². The van der Waals surface area contributed by atoms with Crippen LogP contribution in [0, 0.1) is 0 Å². The molecule has 0 radical (unpaired) electrons. The first-order valence-electron chi connectivity index (χ1n) is 9.77. The molecule has 4 rings (SSSR count). The van der Waals surface area contributed by atoms with Crippen molar-refractivity contribution >= 4 is 17.1 Å². The number of nitrogens with one attached hydrogen (secondary N) is 2. The van der Waals surface area contributed by atoms with Gasteiger partial charge in [0.2, 0.25) is 5.82 Å². The quantitative estimate of drug-likeness (QED) is 0.663. The molecule has 0 aliphatic heterocycles. The lowest BCUT2D eigenvalue weighted by atomic mass is 9.95. The number of nitrogens with zero attached hydrogens (tertiary/aromatic N) is 4. The molecule has 7 nitrogen and oxygen atoms in total. The van der Waals surface area contributed by atoms with Crippen LogP contribution in [0.15, 0.2) is 42.5 Å². The molecular weight excluding hydrogens is 352 g/mol. The second-order valence-electron chi connectivity index (χ2n) is 7.20. The SMILES string of the molecule is COc1ccc(Nc2ccc(-c3nnn(C)n3)cc2NC2CCCCC2)cc1. The van der Waals surface area contributed by atoms with Crippen LogP contribution in [-0.4, -0.2) is 33.4 Å². The zero-order valence-corrected chi connectivity index (χ0v) is 16.4. The van der Waals surface area contributed by atoms with Crippen LogP contribution in [0.1, 0.15) is 32.1 Å². The van der Waals surface area contributed by atoms with Gasteiger partial charge in [0, 0.05) is 17.3 Å². The molecule has 146 valence electrons. The van der Waals surface area contributed by atoms with Crippen LogP contribution in [0.2, 0.25) is 0 Å². The summed E-state index contributed by atoms with van der Waals surface area (Å²) in [5, 5.41) is 19.7. The molecule has 1 saturated carbocycles. The van der Waals surface area contributed by atoms with Gasteiger partial charge in [0.15, 0.2) is 0 Å². The zero-order valence-electron chi connectivity index (χ0n) is 16.4. The summed E-state index contributed by atoms with van der Waals surface area (Å²) in [5.41, 5.74) is 4.06. The van der Waals surface area contributed by atoms with Crippen molar-refractivity contribution in [2.75, 3.05) is 17.7 Å². The Morgan fingerprint density at radius 3 is 2.46 bits per heavy atom. The molecule has 0 amide bonds. The first-order valence-corrected chi connectivity index (χ1v) is 9.77. The van der Waals surface area contributed by atoms with Gasteiger partial charge in [0.05, 0.1) is 25.5 Å². The Labute approximate surface area is 165 Å². The summed E-state index contributed by atoms with van der Waals surface area (Å²) in [7, 11) is 3.45. The Morgan fingerprint density at radius 2 is 1.79 bits per heavy atom. The number of aromatic nitrogens is 4. The molecule has 0 bridgehead atoms. The molecule has 1 heterocycles. The summed E-state index contributed by atoms with van der Waals surface area (Å²) in [6.07, 6.45) is 6.30. The largest absolute Gasteiger partial charge is 0.497 e. The van der Waals surface area contributed by atoms with E-state index < -0.39 is 0 Å². The molecular formula is C21H26N6O. The number of ether oxygens (including phenoxy) is 1. The van der Waals surface area contributed by atoms with E-state index in [2.05, 4.69) is 38.2 Å². The summed E-state index contributed by atoms with van der Waals surface area (Å²) in [6, 6.07) is 14.6. The van der Waals surface area contributed by atoms with Crippen molar-refractivity contribution < 1.29 is 4.74 Å². The molecule has 0 atom stereocenters. The standard InChI is InChI=1S/C21H26N6O/c1-27-25-21(24-26-27)15-8-13-19(22-17-9-11-18(28-2)12-10-17)20(14-15)23-16-6-4-3-5-7-16/h8-14,16,22-23H,3-7H2,1-2H3. The van der Waals surface area contributed by atoms with E-state index in [1.165, 1.54) is 36.9 Å². The van der Waals surface area contributed by atoms with E-state index in [0.717, 1.165) is 28.4 Å². The normalized spacial score (nSPS) is 14.6. The topological polar surface area (TPSA) is 76.9 Å². The van der Waals surface area contributed by atoms with Gasteiger partial charge in [-0.25, -0.2) is 0 Å². The van der Waals surface area contributed by atoms with Crippen molar-refractivity contribution in [2.24, 2.45) is 7.05 Å². The Morgan fingerprint density at radius 1 is 1.00 bits per heavy atom. The van der Waals surface area contributed by atoms with Gasteiger partial charge in [0.25, 0.3) is 0 Å². The van der Waals surface area contributed by atoms with Crippen molar-refractivity contribution in [3.63, 3.8) is 0 Å². The van der Waals surface area contributed by atoms with Gasteiger partial charge in [-0.3, -0.25) is 0 Å². The molecule has 0 spiro atoms. The van der Waals surface area contributed by atoms with Crippen LogP contribution < -0.4 is 15.4 Å². The number of benzene rings is 2. The summed E-state index contributed by atoms with van der Waals surface area (Å²) < 4.78 is 5.25. The lowest BCUT2D eigenvalue weighted by Gasteiger charge is -2.25. The third kappa shape index (κ3) is 4.24. The number of hydrogen-bond donors (Lipinski definition) is 2. The molecule has 2 N–H and O–H groups in total. The minimum atomic E-state index is 0.496. The van der Waals surface area contributed by atoms with Crippen molar-refractivity contribution in [3.05, 3.63) is 42.5 Å². The third-order valence-electron chi connectivity index (χ3n) is 5.12. The minimum absolute atomic E-state index is 0.496. The maximum atomic E-state index is 5.25. The molecule has 7 heteroatoms. The molecule has 1 aliphatic carbocycles. The summed E-state index contributed by atoms with van der Waals surface area (Å²) >= 11 is 0. The molecule has 3 aromatic rings. The summed E-state index contributed by atoms with van der Waals surface area (Å²) in [6.45, 7) is 0. The van der Waals surface area contributed by atoms with E-state index in [1.54, 1.807) is 14.2 Å². The van der Waals surface area contributed by atoms with Gasteiger partial charge in [-0.05, 0) is 60.5 Å². The maximum absolute atomic E-state index is 5.25. The first kappa shape index (κ1) is 18.3. The Kier molecular flexibility index (Phi) is 5.41. The molecule has 1 aliphatic rings. The lowest BCUT2D eigenvalue weighted by molar-refractivity contribution is 0.415. The van der Waals surface area contributed by atoms with Crippen LogP contribution in [0.3, 0.4) is 0 Å². The van der Waals surface area contributed by atoms with Crippen LogP contribution in [0.4, 0.5) is 17.1 Å². The second-order valence-corrected chi connectivity index (χ2v) is 7.20. The highest BCUT2D eigenvalue weighted by molar-refractivity contribution is 5.79. The number of tetrazole rings is 1. The minimum Gasteiger partial charge on any atom is -0.497 e. The molecule has 28 heavy (non-hydrogen) atoms. The van der Waals surface area contributed by atoms with E-state index >= 15 is 0 Å². The Bertz CT molecular complexity index is 915. The van der Waals surface area contributed by atoms with Gasteiger partial charge in [0.1, 0.15) is 5.75 Å². The molecule has 2 aromatic carbocycles. The van der Waals surface area contributed by atoms with Crippen molar-refractivity contribution in [1.29, 1.82) is 0 Å². The highest BCUT2D eigenvalue weighted by Gasteiger charge is 2.16. The fourth-order valence-electron chi connectivity index (χ4n) is 3.61. The Balaban J connectivity index is 1.62. The molecule has 1 fully saturated rings. The van der Waals surface area contributed by atoms with E-state index in [9.17, 15) is 0 Å². The average molecular weight is 378 g/mol. The monoisotopic (exact) mass is 378 g/mol. The number of methoxy groups -OCH3 is 1. The number of rotatable bonds is 6. The van der Waals surface area contributed by atoms with Gasteiger partial charge in [-0.15, -0.1) is 10.2 Å². The third-order valence-corrected chi connectivity index (χ3v) is 5.12. The molecule has 0 unspecified atom stereocenters. The average Bonchev–Trinajstić information content (AvgIpc) is 3.17. The predicted octanol–water partition coefficient (Wildman–Crippen LogP) is 4.37. The number of aryl methyl sites for hydroxylation is 1. The van der Waals surface area contributed by atoms with Crippen molar-refractivity contribution in [1.82, 2.24) is 20.2 Å². The predicted molar refractivity (Wildman–Crippen MR) is 111 cm³/mol. The Hall–Kier alpha value is -3.09. The van der Waals surface area contributed by atoms with E-state index in [0.29, 0.717) is 11.9 Å². The highest BCUT2D eigenvalue weighted by atomic mass is 16.5. The maximum Gasteiger partial charge on any atom is 0.204 e. The zero-order chi connectivity index (χ0) is 19.3. The smallest absolute Gasteiger partial charge is 0.204 e. The van der Waals surface area contributed by atoms with Crippen LogP contribution in [0.5, 0.6) is 5.75 Å². The van der Waals surface area contributed by atoms with Crippen molar-refractivity contribution in [2.45, 2.75) is 38.1 Å². The van der Waals surface area contributed by atoms with Gasteiger partial charge in [-0.1, -0.05) is 19.3 Å². The van der Waals surface area contributed by atoms with Gasteiger partial charge < -0.3 is 15.4 Å². The van der Waals surface area contributed by atoms with E-state index in [-0.39, 0.29) is 0 Å². The fourth-order valence-corrected chi connectivity index (χ4v) is 3.61. The number of anilines is 3.